The van der Waals surface area contributed by atoms with Gasteiger partial charge in [-0.15, -0.1) is 0 Å². The molecular weight excluding hydrogens is 592 g/mol. The van der Waals surface area contributed by atoms with E-state index in [4.69, 9.17) is 0 Å². The van der Waals surface area contributed by atoms with Crippen molar-refractivity contribution in [2.75, 3.05) is 44.3 Å². The van der Waals surface area contributed by atoms with E-state index in [2.05, 4.69) is 63.7 Å². The topological polar surface area (TPSA) is 68.3 Å². The monoisotopic (exact) mass is 604 g/mol. The van der Waals surface area contributed by atoms with Crippen LogP contribution in [0.4, 0.5) is 0 Å². The van der Waals surface area contributed by atoms with Gasteiger partial charge >= 0.3 is 0 Å². The third-order valence-electron chi connectivity index (χ3n) is 3.22. The molecule has 0 aromatic heterocycles. The van der Waals surface area contributed by atoms with Gasteiger partial charge in [0.15, 0.2) is 19.7 Å². The highest BCUT2D eigenvalue weighted by Gasteiger charge is 2.26. The van der Waals surface area contributed by atoms with Crippen LogP contribution in [0.3, 0.4) is 0 Å². The van der Waals surface area contributed by atoms with Crippen LogP contribution < -0.4 is 0 Å². The molecule has 4 nitrogen and oxygen atoms in total. The molecule has 2 aliphatic rings. The molecule has 0 fully saturated rings. The van der Waals surface area contributed by atoms with E-state index in [1.54, 1.807) is 0 Å². The van der Waals surface area contributed by atoms with Crippen molar-refractivity contribution >= 4 is 83.4 Å². The van der Waals surface area contributed by atoms with E-state index in [1.807, 2.05) is 0 Å². The fraction of sp³-hybridized carbons (Fsp3) is 0.667. The molecule has 0 saturated carbocycles. The first-order chi connectivity index (χ1) is 10.2. The van der Waals surface area contributed by atoms with Gasteiger partial charge in [-0.1, -0.05) is 63.7 Å². The third kappa shape index (κ3) is 6.31. The number of hydrogen-bond acceptors (Lipinski definition) is 4. The van der Waals surface area contributed by atoms with Crippen molar-refractivity contribution in [1.29, 1.82) is 0 Å². The molecular formula is C12H16Br4O4S2. The number of alkyl halides is 4. The summed E-state index contributed by atoms with van der Waals surface area (Å²) < 4.78 is 44.3. The normalized spacial score (nSPS) is 22.7. The third-order valence-corrected chi connectivity index (χ3v) is 9.08. The van der Waals surface area contributed by atoms with Gasteiger partial charge in [-0.2, -0.15) is 0 Å². The molecule has 22 heavy (non-hydrogen) atoms. The van der Waals surface area contributed by atoms with Gasteiger partial charge in [0, 0.05) is 21.3 Å². The number of hydrogen-bond donors (Lipinski definition) is 0. The zero-order valence-corrected chi connectivity index (χ0v) is 19.6. The van der Waals surface area contributed by atoms with Crippen LogP contribution in [-0.2, 0) is 19.7 Å². The van der Waals surface area contributed by atoms with Crippen LogP contribution in [0.15, 0.2) is 22.3 Å². The molecule has 0 atom stereocenters. The van der Waals surface area contributed by atoms with Crippen molar-refractivity contribution in [3.8, 4) is 0 Å². The van der Waals surface area contributed by atoms with Crippen molar-refractivity contribution in [1.82, 2.24) is 0 Å². The van der Waals surface area contributed by atoms with Gasteiger partial charge < -0.3 is 0 Å². The molecule has 0 unspecified atom stereocenters. The second kappa shape index (κ2) is 9.12. The Morgan fingerprint density at radius 3 is 0.864 bits per heavy atom. The Kier molecular flexibility index (Phi) is 8.85. The molecule has 0 radical (unpaired) electrons. The number of halogens is 4. The van der Waals surface area contributed by atoms with Gasteiger partial charge in [-0.05, 0) is 22.3 Å². The maximum absolute atomic E-state index is 11.1. The highest BCUT2D eigenvalue weighted by molar-refractivity contribution is 9.09. The molecule has 0 aliphatic carbocycles. The number of rotatable bonds is 4. The van der Waals surface area contributed by atoms with Crippen LogP contribution in [0.2, 0.25) is 0 Å². The largest absolute Gasteiger partial charge is 0.228 e. The molecule has 2 rings (SSSR count). The Hall–Kier alpha value is 1.30. The van der Waals surface area contributed by atoms with Crippen LogP contribution >= 0.6 is 63.7 Å². The first-order valence-corrected chi connectivity index (χ1v) is 14.3. The molecule has 0 bridgehead atoms. The predicted molar refractivity (Wildman–Crippen MR) is 107 cm³/mol. The summed E-state index contributed by atoms with van der Waals surface area (Å²) in [6, 6.07) is 0. The Morgan fingerprint density at radius 1 is 0.545 bits per heavy atom. The van der Waals surface area contributed by atoms with E-state index in [1.165, 1.54) is 0 Å². The maximum atomic E-state index is 11.1. The van der Waals surface area contributed by atoms with Crippen LogP contribution in [0.25, 0.3) is 0 Å². The van der Waals surface area contributed by atoms with E-state index in [-0.39, 0.29) is 23.0 Å². The van der Waals surface area contributed by atoms with Crippen molar-refractivity contribution in [2.45, 2.75) is 0 Å². The van der Waals surface area contributed by atoms with Gasteiger partial charge in [0.05, 0.1) is 23.0 Å². The fourth-order valence-electron chi connectivity index (χ4n) is 2.10. The summed E-state index contributed by atoms with van der Waals surface area (Å²) in [5.74, 6) is 0.941. The molecule has 0 aromatic rings. The first kappa shape index (κ1) is 21.3. The SMILES string of the molecule is O=S1(=O)CC(CBr)=C(CBr)C1.O=S1(=O)CC(CBr)=C(CBr)C1. The fourth-order valence-corrected chi connectivity index (χ4v) is 9.09. The number of sulfone groups is 2. The molecule has 2 heterocycles. The van der Waals surface area contributed by atoms with E-state index in [0.29, 0.717) is 21.3 Å². The van der Waals surface area contributed by atoms with Gasteiger partial charge in [0.2, 0.25) is 0 Å². The smallest absolute Gasteiger partial charge is 0.158 e. The zero-order chi connectivity index (χ0) is 17.0. The van der Waals surface area contributed by atoms with Gasteiger partial charge in [-0.3, -0.25) is 0 Å². The minimum atomic E-state index is -2.80. The van der Waals surface area contributed by atoms with Gasteiger partial charge in [0.1, 0.15) is 0 Å². The van der Waals surface area contributed by atoms with Crippen molar-refractivity contribution in [3.63, 3.8) is 0 Å². The van der Waals surface area contributed by atoms with E-state index in [0.717, 1.165) is 22.3 Å². The average molecular weight is 608 g/mol. The summed E-state index contributed by atoms with van der Waals surface area (Å²) in [6.07, 6.45) is 0. The molecule has 128 valence electrons. The lowest BCUT2D eigenvalue weighted by Crippen LogP contribution is -2.03. The molecule has 0 saturated heterocycles. The van der Waals surface area contributed by atoms with Crippen LogP contribution in [0, 0.1) is 0 Å². The molecule has 0 spiro atoms. The standard InChI is InChI=1S/2C6H8Br2O2S/c2*7-1-5-3-11(9,10)4-6(5)2-8/h2*1-4H2. The Bertz CT molecular complexity index is 574. The summed E-state index contributed by atoms with van der Waals surface area (Å²) in [4.78, 5) is 0. The lowest BCUT2D eigenvalue weighted by Gasteiger charge is -1.94. The van der Waals surface area contributed by atoms with Crippen molar-refractivity contribution in [3.05, 3.63) is 22.3 Å². The van der Waals surface area contributed by atoms with Crippen LogP contribution in [0.1, 0.15) is 0 Å². The predicted octanol–water partition coefficient (Wildman–Crippen LogP) is 3.00. The zero-order valence-electron chi connectivity index (χ0n) is 11.6. The van der Waals surface area contributed by atoms with Gasteiger partial charge in [-0.25, -0.2) is 16.8 Å². The van der Waals surface area contributed by atoms with Crippen LogP contribution in [0.5, 0.6) is 0 Å². The Morgan fingerprint density at radius 2 is 0.727 bits per heavy atom. The molecule has 10 heteroatoms. The summed E-state index contributed by atoms with van der Waals surface area (Å²) in [6.45, 7) is 0. The quantitative estimate of drug-likeness (QED) is 0.364. The highest BCUT2D eigenvalue weighted by atomic mass is 79.9. The second-order valence-corrected chi connectivity index (χ2v) is 11.4. The molecule has 0 amide bonds. The Balaban J connectivity index is 0.000000220. The Labute approximate surface area is 165 Å². The lowest BCUT2D eigenvalue weighted by atomic mass is 10.2. The first-order valence-electron chi connectivity index (χ1n) is 6.22. The maximum Gasteiger partial charge on any atom is 0.158 e. The van der Waals surface area contributed by atoms with E-state index in [9.17, 15) is 16.8 Å². The van der Waals surface area contributed by atoms with E-state index < -0.39 is 19.7 Å². The van der Waals surface area contributed by atoms with Crippen molar-refractivity contribution in [2.24, 2.45) is 0 Å². The van der Waals surface area contributed by atoms with E-state index >= 15 is 0 Å². The summed E-state index contributed by atoms with van der Waals surface area (Å²) in [5, 5.41) is 2.70. The molecule has 0 aromatic carbocycles. The minimum Gasteiger partial charge on any atom is -0.228 e. The minimum absolute atomic E-state index is 0.235. The molecule has 2 aliphatic heterocycles. The van der Waals surface area contributed by atoms with Gasteiger partial charge in [0.25, 0.3) is 0 Å². The van der Waals surface area contributed by atoms with Crippen molar-refractivity contribution < 1.29 is 16.8 Å². The lowest BCUT2D eigenvalue weighted by molar-refractivity contribution is 0.601. The average Bonchev–Trinajstić information content (AvgIpc) is 2.93. The van der Waals surface area contributed by atoms with Crippen LogP contribution in [-0.4, -0.2) is 61.2 Å². The summed E-state index contributed by atoms with van der Waals surface area (Å²) >= 11 is 13.1. The highest BCUT2D eigenvalue weighted by Crippen LogP contribution is 2.23. The summed E-state index contributed by atoms with van der Waals surface area (Å²) in [7, 11) is -5.61. The summed E-state index contributed by atoms with van der Waals surface area (Å²) in [5.41, 5.74) is 4.06. The molecule has 0 N–H and O–H groups in total. The second-order valence-electron chi connectivity index (χ2n) is 5.01.